The third-order valence-corrected chi connectivity index (χ3v) is 2.54. The Bertz CT molecular complexity index is 522. The van der Waals surface area contributed by atoms with E-state index in [0.29, 0.717) is 5.75 Å². The van der Waals surface area contributed by atoms with Crippen molar-refractivity contribution in [2.45, 2.75) is 0 Å². The van der Waals surface area contributed by atoms with E-state index >= 15 is 0 Å². The van der Waals surface area contributed by atoms with Gasteiger partial charge >= 0.3 is 5.97 Å². The lowest BCUT2D eigenvalue weighted by Gasteiger charge is -2.00. The average Bonchev–Trinajstić information content (AvgIpc) is 2.76. The lowest BCUT2D eigenvalue weighted by Crippen LogP contribution is -2.08. The Morgan fingerprint density at radius 1 is 1.41 bits per heavy atom. The van der Waals surface area contributed by atoms with Crippen molar-refractivity contribution in [1.82, 2.24) is 9.78 Å². The first-order valence-corrected chi connectivity index (χ1v) is 5.59. The summed E-state index contributed by atoms with van der Waals surface area (Å²) in [6.07, 6.45) is 3.11. The number of halogens is 1. The predicted octanol–water partition coefficient (Wildman–Crippen LogP) is 2.10. The van der Waals surface area contributed by atoms with Gasteiger partial charge in [0.15, 0.2) is 12.4 Å². The van der Waals surface area contributed by atoms with Crippen LogP contribution >= 0.6 is 15.9 Å². The Balaban J connectivity index is 2.12. The third kappa shape index (κ3) is 3.07. The number of aliphatic carboxylic acids is 1. The summed E-state index contributed by atoms with van der Waals surface area (Å²) >= 11 is 3.34. The zero-order valence-electron chi connectivity index (χ0n) is 8.71. The number of hydrogen-bond acceptors (Lipinski definition) is 3. The number of hydrogen-bond donors (Lipinski definition) is 1. The molecule has 1 N–H and O–H groups in total. The molecule has 0 aliphatic carbocycles. The van der Waals surface area contributed by atoms with Crippen LogP contribution in [0.15, 0.2) is 41.1 Å². The molecule has 0 spiro atoms. The smallest absolute Gasteiger partial charge is 0.341 e. The minimum atomic E-state index is -1.01. The van der Waals surface area contributed by atoms with E-state index in [0.717, 1.165) is 10.2 Å². The van der Waals surface area contributed by atoms with Gasteiger partial charge in [-0.1, -0.05) is 15.9 Å². The van der Waals surface area contributed by atoms with Gasteiger partial charge in [0.25, 0.3) is 0 Å². The van der Waals surface area contributed by atoms with Crippen LogP contribution in [0, 0.1) is 0 Å². The Morgan fingerprint density at radius 2 is 2.12 bits per heavy atom. The van der Waals surface area contributed by atoms with E-state index in [2.05, 4.69) is 21.0 Å². The van der Waals surface area contributed by atoms with E-state index in [1.807, 2.05) is 24.3 Å². The van der Waals surface area contributed by atoms with Gasteiger partial charge in [0.1, 0.15) is 0 Å². The summed E-state index contributed by atoms with van der Waals surface area (Å²) in [6, 6.07) is 7.57. The third-order valence-electron chi connectivity index (χ3n) is 2.01. The van der Waals surface area contributed by atoms with E-state index < -0.39 is 5.97 Å². The lowest BCUT2D eigenvalue weighted by molar-refractivity contribution is -0.139. The van der Waals surface area contributed by atoms with Crippen molar-refractivity contribution < 1.29 is 14.6 Å². The van der Waals surface area contributed by atoms with Crippen LogP contribution < -0.4 is 4.74 Å². The van der Waals surface area contributed by atoms with Gasteiger partial charge in [0, 0.05) is 4.47 Å². The van der Waals surface area contributed by atoms with Gasteiger partial charge in [0.2, 0.25) is 0 Å². The molecule has 1 aromatic heterocycles. The van der Waals surface area contributed by atoms with E-state index in [1.54, 1.807) is 10.9 Å². The lowest BCUT2D eigenvalue weighted by atomic mass is 10.3. The van der Waals surface area contributed by atoms with Crippen LogP contribution in [0.5, 0.6) is 5.75 Å². The van der Waals surface area contributed by atoms with Gasteiger partial charge in [-0.3, -0.25) is 0 Å². The van der Waals surface area contributed by atoms with Crippen molar-refractivity contribution in [3.05, 3.63) is 41.1 Å². The second kappa shape index (κ2) is 5.01. The van der Waals surface area contributed by atoms with Gasteiger partial charge in [-0.15, -0.1) is 0 Å². The van der Waals surface area contributed by atoms with Gasteiger partial charge in [-0.2, -0.15) is 5.10 Å². The molecule has 2 rings (SSSR count). The van der Waals surface area contributed by atoms with Crippen LogP contribution in [0.2, 0.25) is 0 Å². The zero-order valence-corrected chi connectivity index (χ0v) is 10.3. The number of carboxylic acid groups (broad SMARTS) is 1. The molecular formula is C11H9BrN2O3. The number of benzene rings is 1. The topological polar surface area (TPSA) is 64.3 Å². The van der Waals surface area contributed by atoms with E-state index in [9.17, 15) is 4.79 Å². The second-order valence-corrected chi connectivity index (χ2v) is 4.20. The molecular weight excluding hydrogens is 288 g/mol. The number of carboxylic acids is 1. The molecule has 2 aromatic rings. The Kier molecular flexibility index (Phi) is 3.43. The largest absolute Gasteiger partial charge is 0.479 e. The zero-order chi connectivity index (χ0) is 12.3. The molecule has 0 amide bonds. The normalized spacial score (nSPS) is 10.2. The molecule has 0 atom stereocenters. The highest BCUT2D eigenvalue weighted by molar-refractivity contribution is 9.10. The second-order valence-electron chi connectivity index (χ2n) is 3.28. The van der Waals surface area contributed by atoms with Crippen molar-refractivity contribution in [2.24, 2.45) is 0 Å². The Labute approximate surface area is 106 Å². The fraction of sp³-hybridized carbons (Fsp3) is 0.0909. The molecule has 1 heterocycles. The SMILES string of the molecule is O=C(O)COc1cnn(-c2ccc(Br)cc2)c1. The first kappa shape index (κ1) is 11.7. The fourth-order valence-corrected chi connectivity index (χ4v) is 1.53. The van der Waals surface area contributed by atoms with E-state index in [-0.39, 0.29) is 6.61 Å². The molecule has 5 nitrogen and oxygen atoms in total. The summed E-state index contributed by atoms with van der Waals surface area (Å²) in [7, 11) is 0. The molecule has 0 unspecified atom stereocenters. The van der Waals surface area contributed by atoms with Gasteiger partial charge < -0.3 is 9.84 Å². The molecule has 6 heteroatoms. The summed E-state index contributed by atoms with van der Waals surface area (Å²) < 4.78 is 7.60. The quantitative estimate of drug-likeness (QED) is 0.938. The highest BCUT2D eigenvalue weighted by atomic mass is 79.9. The summed E-state index contributed by atoms with van der Waals surface area (Å²) in [5.41, 5.74) is 0.873. The maximum absolute atomic E-state index is 10.3. The molecule has 88 valence electrons. The molecule has 0 bridgehead atoms. The fourth-order valence-electron chi connectivity index (χ4n) is 1.26. The molecule has 0 fully saturated rings. The van der Waals surface area contributed by atoms with Gasteiger partial charge in [0.05, 0.1) is 18.1 Å². The standard InChI is InChI=1S/C11H9BrN2O3/c12-8-1-3-9(4-2-8)14-6-10(5-13-14)17-7-11(15)16/h1-6H,7H2,(H,15,16). The van der Waals surface area contributed by atoms with Crippen LogP contribution in [-0.4, -0.2) is 27.5 Å². The Morgan fingerprint density at radius 3 is 2.76 bits per heavy atom. The molecule has 0 aliphatic rings. The minimum Gasteiger partial charge on any atom is -0.479 e. The average molecular weight is 297 g/mol. The molecule has 17 heavy (non-hydrogen) atoms. The number of nitrogens with zero attached hydrogens (tertiary/aromatic N) is 2. The summed E-state index contributed by atoms with van der Waals surface area (Å²) in [6.45, 7) is -0.369. The first-order valence-electron chi connectivity index (χ1n) is 4.80. The van der Waals surface area contributed by atoms with E-state index in [1.165, 1.54) is 6.20 Å². The highest BCUT2D eigenvalue weighted by Gasteiger charge is 2.03. The van der Waals surface area contributed by atoms with Crippen LogP contribution in [0.4, 0.5) is 0 Å². The minimum absolute atomic E-state index is 0.369. The van der Waals surface area contributed by atoms with E-state index in [4.69, 9.17) is 9.84 Å². The van der Waals surface area contributed by atoms with Crippen molar-refractivity contribution in [1.29, 1.82) is 0 Å². The molecule has 0 aliphatic heterocycles. The van der Waals surface area contributed by atoms with Crippen LogP contribution in [0.1, 0.15) is 0 Å². The summed E-state index contributed by atoms with van der Waals surface area (Å²) in [5, 5.41) is 12.5. The van der Waals surface area contributed by atoms with Gasteiger partial charge in [-0.05, 0) is 24.3 Å². The maximum atomic E-state index is 10.3. The Hall–Kier alpha value is -1.82. The number of carbonyl (C=O) groups is 1. The molecule has 0 radical (unpaired) electrons. The monoisotopic (exact) mass is 296 g/mol. The van der Waals surface area contributed by atoms with Crippen molar-refractivity contribution in [2.75, 3.05) is 6.61 Å². The predicted molar refractivity (Wildman–Crippen MR) is 64.4 cm³/mol. The number of rotatable bonds is 4. The molecule has 0 saturated carbocycles. The first-order chi connectivity index (χ1) is 8.15. The molecule has 1 aromatic carbocycles. The number of aromatic nitrogens is 2. The van der Waals surface area contributed by atoms with Crippen LogP contribution in [-0.2, 0) is 4.79 Å². The highest BCUT2D eigenvalue weighted by Crippen LogP contribution is 2.16. The molecule has 0 saturated heterocycles. The summed E-state index contributed by atoms with van der Waals surface area (Å²) in [4.78, 5) is 10.3. The van der Waals surface area contributed by atoms with Crippen molar-refractivity contribution in [3.63, 3.8) is 0 Å². The van der Waals surface area contributed by atoms with Crippen molar-refractivity contribution in [3.8, 4) is 11.4 Å². The van der Waals surface area contributed by atoms with Crippen LogP contribution in [0.25, 0.3) is 5.69 Å². The number of ether oxygens (including phenoxy) is 1. The maximum Gasteiger partial charge on any atom is 0.341 e. The van der Waals surface area contributed by atoms with Crippen LogP contribution in [0.3, 0.4) is 0 Å². The summed E-state index contributed by atoms with van der Waals surface area (Å²) in [5.74, 6) is -0.586. The van der Waals surface area contributed by atoms with Gasteiger partial charge in [-0.25, -0.2) is 9.48 Å². The van der Waals surface area contributed by atoms with Crippen molar-refractivity contribution >= 4 is 21.9 Å².